The maximum absolute atomic E-state index is 13.6. The number of nitrogens with zero attached hydrogens (tertiary/aromatic N) is 3. The van der Waals surface area contributed by atoms with Crippen molar-refractivity contribution in [1.29, 1.82) is 5.26 Å². The van der Waals surface area contributed by atoms with Gasteiger partial charge in [0.25, 0.3) is 0 Å². The van der Waals surface area contributed by atoms with Crippen LogP contribution in [0.3, 0.4) is 0 Å². The topological polar surface area (TPSA) is 120 Å². The number of amides is 3. The van der Waals surface area contributed by atoms with Crippen LogP contribution in [0.2, 0.25) is 0 Å². The zero-order chi connectivity index (χ0) is 26.2. The minimum Gasteiger partial charge on any atom is -0.357 e. The van der Waals surface area contributed by atoms with Gasteiger partial charge in [-0.3, -0.25) is 14.4 Å². The largest absolute Gasteiger partial charge is 0.357 e. The minimum atomic E-state index is -0.877. The Bertz CT molecular complexity index is 1130. The van der Waals surface area contributed by atoms with Crippen LogP contribution >= 0.6 is 0 Å². The van der Waals surface area contributed by atoms with E-state index in [-0.39, 0.29) is 49.5 Å². The van der Waals surface area contributed by atoms with Crippen LogP contribution in [-0.4, -0.2) is 65.8 Å². The average Bonchev–Trinajstić information content (AvgIpc) is 2.89. The van der Waals surface area contributed by atoms with Crippen LogP contribution in [0, 0.1) is 17.1 Å². The van der Waals surface area contributed by atoms with Crippen molar-refractivity contribution in [3.05, 3.63) is 71.0 Å². The van der Waals surface area contributed by atoms with Gasteiger partial charge in [0, 0.05) is 26.6 Å². The summed E-state index contributed by atoms with van der Waals surface area (Å²) in [6.07, 6.45) is 1.57. The summed E-state index contributed by atoms with van der Waals surface area (Å²) in [4.78, 5) is 42.8. The number of likely N-dealkylation sites (N-methyl/N-ethyl adjacent to an activating group) is 1. The number of nitrogens with one attached hydrogen (secondary N) is 1. The molecule has 0 aromatic heterocycles. The highest BCUT2D eigenvalue weighted by Crippen LogP contribution is 2.22. The van der Waals surface area contributed by atoms with Crippen LogP contribution in [0.4, 0.5) is 4.39 Å². The Morgan fingerprint density at radius 1 is 1.17 bits per heavy atom. The minimum absolute atomic E-state index is 0.185. The molecular formula is C27H32FN5O3. The van der Waals surface area contributed by atoms with E-state index in [1.54, 1.807) is 30.3 Å². The molecule has 36 heavy (non-hydrogen) atoms. The van der Waals surface area contributed by atoms with Crippen molar-refractivity contribution in [2.45, 2.75) is 50.7 Å². The van der Waals surface area contributed by atoms with Gasteiger partial charge in [0.2, 0.25) is 17.7 Å². The Kier molecular flexibility index (Phi) is 9.14. The summed E-state index contributed by atoms with van der Waals surface area (Å²) in [6, 6.07) is 12.5. The van der Waals surface area contributed by atoms with E-state index in [1.165, 1.54) is 29.0 Å². The van der Waals surface area contributed by atoms with Gasteiger partial charge in [0.05, 0.1) is 17.7 Å². The van der Waals surface area contributed by atoms with Gasteiger partial charge in [-0.05, 0) is 48.2 Å². The lowest BCUT2D eigenvalue weighted by Gasteiger charge is -2.44. The molecule has 190 valence electrons. The fourth-order valence-corrected chi connectivity index (χ4v) is 4.61. The van der Waals surface area contributed by atoms with E-state index < -0.39 is 18.1 Å². The lowest BCUT2D eigenvalue weighted by Crippen LogP contribution is -2.65. The van der Waals surface area contributed by atoms with Crippen LogP contribution < -0.4 is 11.1 Å². The molecule has 1 heterocycles. The Labute approximate surface area is 210 Å². The molecule has 0 spiro atoms. The van der Waals surface area contributed by atoms with E-state index in [0.717, 1.165) is 11.1 Å². The van der Waals surface area contributed by atoms with Crippen molar-refractivity contribution in [2.24, 2.45) is 5.73 Å². The summed E-state index contributed by atoms with van der Waals surface area (Å²) in [5.41, 5.74) is 8.19. The first-order valence-corrected chi connectivity index (χ1v) is 12.1. The number of piperazine rings is 1. The molecule has 0 radical (unpaired) electrons. The standard InChI is InChI=1S/C27H32FN5O3/c1-3-5-23-27(36)33(24(25(34)31-2)16-19-6-4-7-20(14-19)17-29)13-12-32(23)26(35)22(30)15-18-8-10-21(28)11-9-18/h4,6-11,14,22-24H,3,5,12-13,15-16,30H2,1-2H3,(H,31,34). The second-order valence-electron chi connectivity index (χ2n) is 8.95. The maximum Gasteiger partial charge on any atom is 0.246 e. The predicted octanol–water partition coefficient (Wildman–Crippen LogP) is 1.76. The van der Waals surface area contributed by atoms with Crippen LogP contribution in [0.15, 0.2) is 48.5 Å². The smallest absolute Gasteiger partial charge is 0.246 e. The van der Waals surface area contributed by atoms with Crippen LogP contribution in [0.25, 0.3) is 0 Å². The van der Waals surface area contributed by atoms with Crippen molar-refractivity contribution < 1.29 is 18.8 Å². The maximum atomic E-state index is 13.6. The quantitative estimate of drug-likeness (QED) is 0.552. The molecule has 9 heteroatoms. The number of carbonyl (C=O) groups is 3. The molecule has 0 saturated carbocycles. The molecule has 0 aliphatic carbocycles. The van der Waals surface area contributed by atoms with E-state index >= 15 is 0 Å². The summed E-state index contributed by atoms with van der Waals surface area (Å²) in [5.74, 6) is -1.32. The Hall–Kier alpha value is -3.77. The zero-order valence-electron chi connectivity index (χ0n) is 20.6. The summed E-state index contributed by atoms with van der Waals surface area (Å²) < 4.78 is 13.2. The molecule has 1 aliphatic heterocycles. The van der Waals surface area contributed by atoms with Crippen molar-refractivity contribution >= 4 is 17.7 Å². The number of carbonyl (C=O) groups excluding carboxylic acids is 3. The Morgan fingerprint density at radius 2 is 1.89 bits per heavy atom. The molecule has 8 nitrogen and oxygen atoms in total. The molecule has 3 amide bonds. The van der Waals surface area contributed by atoms with E-state index in [9.17, 15) is 24.0 Å². The molecule has 2 aromatic rings. The summed E-state index contributed by atoms with van der Waals surface area (Å²) in [7, 11) is 1.52. The highest BCUT2D eigenvalue weighted by atomic mass is 19.1. The average molecular weight is 494 g/mol. The van der Waals surface area contributed by atoms with Gasteiger partial charge in [0.1, 0.15) is 17.9 Å². The van der Waals surface area contributed by atoms with Crippen LogP contribution in [0.1, 0.15) is 36.5 Å². The molecule has 2 aromatic carbocycles. The molecule has 1 fully saturated rings. The van der Waals surface area contributed by atoms with E-state index in [1.807, 2.05) is 13.0 Å². The number of nitriles is 1. The Balaban J connectivity index is 1.80. The zero-order valence-corrected chi connectivity index (χ0v) is 20.6. The second kappa shape index (κ2) is 12.3. The molecule has 3 N–H and O–H groups in total. The highest BCUT2D eigenvalue weighted by Gasteiger charge is 2.42. The third-order valence-electron chi connectivity index (χ3n) is 6.47. The second-order valence-corrected chi connectivity index (χ2v) is 8.95. The van der Waals surface area contributed by atoms with Gasteiger partial charge in [0.15, 0.2) is 0 Å². The lowest BCUT2D eigenvalue weighted by atomic mass is 9.97. The monoisotopic (exact) mass is 493 g/mol. The predicted molar refractivity (Wildman–Crippen MR) is 133 cm³/mol. The molecular weight excluding hydrogens is 461 g/mol. The van der Waals surface area contributed by atoms with Gasteiger partial charge < -0.3 is 20.9 Å². The van der Waals surface area contributed by atoms with Gasteiger partial charge in [-0.2, -0.15) is 5.26 Å². The molecule has 1 aliphatic rings. The summed E-state index contributed by atoms with van der Waals surface area (Å²) in [6.45, 7) is 2.36. The number of benzene rings is 2. The van der Waals surface area contributed by atoms with Crippen LogP contribution in [-0.2, 0) is 27.2 Å². The molecule has 3 rings (SSSR count). The first kappa shape index (κ1) is 26.8. The molecule has 0 bridgehead atoms. The third kappa shape index (κ3) is 6.26. The number of halogens is 1. The van der Waals surface area contributed by atoms with Crippen molar-refractivity contribution in [1.82, 2.24) is 15.1 Å². The first-order chi connectivity index (χ1) is 17.3. The van der Waals surface area contributed by atoms with Gasteiger partial charge >= 0.3 is 0 Å². The Morgan fingerprint density at radius 3 is 2.53 bits per heavy atom. The fourth-order valence-electron chi connectivity index (χ4n) is 4.61. The fraction of sp³-hybridized carbons (Fsp3) is 0.407. The van der Waals surface area contributed by atoms with Gasteiger partial charge in [-0.15, -0.1) is 0 Å². The van der Waals surface area contributed by atoms with Crippen LogP contribution in [0.5, 0.6) is 0 Å². The number of hydrogen-bond donors (Lipinski definition) is 2. The lowest BCUT2D eigenvalue weighted by molar-refractivity contribution is -0.156. The van der Waals surface area contributed by atoms with E-state index in [2.05, 4.69) is 11.4 Å². The first-order valence-electron chi connectivity index (χ1n) is 12.1. The summed E-state index contributed by atoms with van der Waals surface area (Å²) >= 11 is 0. The molecule has 3 unspecified atom stereocenters. The number of rotatable bonds is 9. The van der Waals surface area contributed by atoms with E-state index in [0.29, 0.717) is 18.4 Å². The molecule has 1 saturated heterocycles. The summed E-state index contributed by atoms with van der Waals surface area (Å²) in [5, 5.41) is 11.8. The number of hydrogen-bond acceptors (Lipinski definition) is 5. The van der Waals surface area contributed by atoms with Gasteiger partial charge in [-0.25, -0.2) is 4.39 Å². The van der Waals surface area contributed by atoms with E-state index in [4.69, 9.17) is 5.73 Å². The SMILES string of the molecule is CCCC1C(=O)N(C(Cc2cccc(C#N)c2)C(=O)NC)CCN1C(=O)C(N)Cc1ccc(F)cc1. The van der Waals surface area contributed by atoms with Crippen molar-refractivity contribution in [2.75, 3.05) is 20.1 Å². The normalized spacial score (nSPS) is 17.3. The highest BCUT2D eigenvalue weighted by molar-refractivity contribution is 5.94. The number of nitrogens with two attached hydrogens (primary N) is 1. The van der Waals surface area contributed by atoms with Gasteiger partial charge in [-0.1, -0.05) is 37.6 Å². The van der Waals surface area contributed by atoms with Crippen molar-refractivity contribution in [3.63, 3.8) is 0 Å². The van der Waals surface area contributed by atoms with Crippen molar-refractivity contribution in [3.8, 4) is 6.07 Å². The molecule has 3 atom stereocenters. The third-order valence-corrected chi connectivity index (χ3v) is 6.47.